The highest BCUT2D eigenvalue weighted by molar-refractivity contribution is 8.00. The number of carbonyl (C=O) groups is 1. The summed E-state index contributed by atoms with van der Waals surface area (Å²) in [5, 5.41) is 4.91. The summed E-state index contributed by atoms with van der Waals surface area (Å²) in [7, 11) is 0. The summed E-state index contributed by atoms with van der Waals surface area (Å²) in [5.74, 6) is 0.729. The van der Waals surface area contributed by atoms with E-state index in [4.69, 9.17) is 0 Å². The fourth-order valence-electron chi connectivity index (χ4n) is 3.50. The zero-order valence-electron chi connectivity index (χ0n) is 15.8. The van der Waals surface area contributed by atoms with Crippen molar-refractivity contribution < 1.29 is 4.79 Å². The van der Waals surface area contributed by atoms with Crippen molar-refractivity contribution in [2.24, 2.45) is 5.92 Å². The van der Waals surface area contributed by atoms with Crippen LogP contribution in [-0.2, 0) is 17.6 Å². The molecule has 1 aromatic carbocycles. The number of benzene rings is 1. The van der Waals surface area contributed by atoms with Crippen molar-refractivity contribution in [2.45, 2.75) is 50.3 Å². The van der Waals surface area contributed by atoms with E-state index in [0.29, 0.717) is 0 Å². The summed E-state index contributed by atoms with van der Waals surface area (Å²) in [6.45, 7) is 6.25. The normalized spacial score (nSPS) is 17.5. The Kier molecular flexibility index (Phi) is 5.19. The standard InChI is InChI=1S/C21H23N3OS2/c1-12-8-9-15-17(10-12)27-21-18(15)20(22-11-23-21)26-14(3)19(25)24-16-7-5-4-6-13(16)2/h4-7,11-12,14H,8-10H2,1-3H3,(H,24,25)/t12-,14-/m1/s1. The summed E-state index contributed by atoms with van der Waals surface area (Å²) in [6.07, 6.45) is 5.05. The molecule has 0 bridgehead atoms. The molecule has 0 spiro atoms. The number of thiophene rings is 1. The molecule has 140 valence electrons. The lowest BCUT2D eigenvalue weighted by Crippen LogP contribution is -2.23. The van der Waals surface area contributed by atoms with Crippen LogP contribution in [0.2, 0.25) is 0 Å². The lowest BCUT2D eigenvalue weighted by atomic mass is 9.89. The fourth-order valence-corrected chi connectivity index (χ4v) is 5.87. The zero-order valence-corrected chi connectivity index (χ0v) is 17.4. The van der Waals surface area contributed by atoms with Crippen LogP contribution in [0.25, 0.3) is 10.2 Å². The van der Waals surface area contributed by atoms with Gasteiger partial charge in [0.1, 0.15) is 16.2 Å². The molecule has 0 aliphatic heterocycles. The van der Waals surface area contributed by atoms with Gasteiger partial charge >= 0.3 is 0 Å². The Balaban J connectivity index is 1.58. The van der Waals surface area contributed by atoms with Gasteiger partial charge < -0.3 is 5.32 Å². The number of anilines is 1. The van der Waals surface area contributed by atoms with E-state index in [1.54, 1.807) is 17.7 Å². The number of hydrogen-bond donors (Lipinski definition) is 1. The van der Waals surface area contributed by atoms with Crippen molar-refractivity contribution in [1.82, 2.24) is 9.97 Å². The third kappa shape index (κ3) is 3.73. The topological polar surface area (TPSA) is 54.9 Å². The zero-order chi connectivity index (χ0) is 19.0. The Bertz CT molecular complexity index is 998. The summed E-state index contributed by atoms with van der Waals surface area (Å²) in [5.41, 5.74) is 3.33. The molecule has 2 atom stereocenters. The van der Waals surface area contributed by atoms with Gasteiger partial charge in [0.15, 0.2) is 0 Å². The van der Waals surface area contributed by atoms with Crippen molar-refractivity contribution in [3.63, 3.8) is 0 Å². The average Bonchev–Trinajstić information content (AvgIpc) is 3.01. The van der Waals surface area contributed by atoms with Gasteiger partial charge in [0.25, 0.3) is 0 Å². The van der Waals surface area contributed by atoms with Gasteiger partial charge in [-0.2, -0.15) is 0 Å². The number of amides is 1. The highest BCUT2D eigenvalue weighted by Gasteiger charge is 2.25. The number of para-hydroxylation sites is 1. The van der Waals surface area contributed by atoms with Gasteiger partial charge in [-0.25, -0.2) is 9.97 Å². The molecule has 4 nitrogen and oxygen atoms in total. The van der Waals surface area contributed by atoms with E-state index in [9.17, 15) is 4.79 Å². The first kappa shape index (κ1) is 18.4. The van der Waals surface area contributed by atoms with Crippen LogP contribution in [0.4, 0.5) is 5.69 Å². The number of hydrogen-bond acceptors (Lipinski definition) is 5. The molecule has 2 heterocycles. The molecule has 3 aromatic rings. The molecular weight excluding hydrogens is 374 g/mol. The molecule has 0 saturated carbocycles. The van der Waals surface area contributed by atoms with Crippen molar-refractivity contribution in [2.75, 3.05) is 5.32 Å². The predicted octanol–water partition coefficient (Wildman–Crippen LogP) is 5.24. The van der Waals surface area contributed by atoms with Crippen molar-refractivity contribution >= 4 is 44.9 Å². The predicted molar refractivity (Wildman–Crippen MR) is 114 cm³/mol. The number of nitrogens with zero attached hydrogens (tertiary/aromatic N) is 2. The van der Waals surface area contributed by atoms with Gasteiger partial charge in [-0.05, 0) is 56.2 Å². The van der Waals surface area contributed by atoms with Gasteiger partial charge in [0.2, 0.25) is 5.91 Å². The van der Waals surface area contributed by atoms with Crippen LogP contribution < -0.4 is 5.32 Å². The Morgan fingerprint density at radius 3 is 2.96 bits per heavy atom. The van der Waals surface area contributed by atoms with Crippen molar-refractivity contribution in [1.29, 1.82) is 0 Å². The van der Waals surface area contributed by atoms with E-state index < -0.39 is 0 Å². The average molecular weight is 398 g/mol. The van der Waals surface area contributed by atoms with Crippen LogP contribution in [0.5, 0.6) is 0 Å². The highest BCUT2D eigenvalue weighted by atomic mass is 32.2. The number of thioether (sulfide) groups is 1. The maximum Gasteiger partial charge on any atom is 0.237 e. The van der Waals surface area contributed by atoms with Crippen LogP contribution >= 0.6 is 23.1 Å². The first-order valence-electron chi connectivity index (χ1n) is 9.31. The minimum absolute atomic E-state index is 0.00113. The highest BCUT2D eigenvalue weighted by Crippen LogP contribution is 2.41. The molecule has 1 amide bonds. The molecular formula is C21H23N3OS2. The SMILES string of the molecule is Cc1ccccc1NC(=O)[C@@H](C)Sc1ncnc2sc3c(c12)CC[C@@H](C)C3. The maximum atomic E-state index is 12.7. The molecule has 0 fully saturated rings. The van der Waals surface area contributed by atoms with Gasteiger partial charge in [0, 0.05) is 16.0 Å². The van der Waals surface area contributed by atoms with Crippen LogP contribution in [0.15, 0.2) is 35.6 Å². The van der Waals surface area contributed by atoms with E-state index in [0.717, 1.165) is 39.9 Å². The lowest BCUT2D eigenvalue weighted by molar-refractivity contribution is -0.115. The molecule has 0 unspecified atom stereocenters. The number of rotatable bonds is 4. The molecule has 2 aromatic heterocycles. The van der Waals surface area contributed by atoms with E-state index >= 15 is 0 Å². The maximum absolute atomic E-state index is 12.7. The van der Waals surface area contributed by atoms with Crippen LogP contribution in [0, 0.1) is 12.8 Å². The second-order valence-corrected chi connectivity index (χ2v) is 9.69. The monoisotopic (exact) mass is 397 g/mol. The molecule has 1 aliphatic rings. The number of nitrogens with one attached hydrogen (secondary N) is 1. The number of aromatic nitrogens is 2. The smallest absolute Gasteiger partial charge is 0.237 e. The Morgan fingerprint density at radius 2 is 2.15 bits per heavy atom. The molecule has 0 saturated heterocycles. The Morgan fingerprint density at radius 1 is 1.33 bits per heavy atom. The third-order valence-corrected chi connectivity index (χ3v) is 7.38. The van der Waals surface area contributed by atoms with Gasteiger partial charge in [-0.15, -0.1) is 11.3 Å². The molecule has 1 N–H and O–H groups in total. The van der Waals surface area contributed by atoms with Gasteiger partial charge in [-0.1, -0.05) is 36.9 Å². The van der Waals surface area contributed by atoms with Crippen LogP contribution in [0.3, 0.4) is 0 Å². The minimum Gasteiger partial charge on any atom is -0.325 e. The number of fused-ring (bicyclic) bond motifs is 3. The largest absolute Gasteiger partial charge is 0.325 e. The minimum atomic E-state index is -0.235. The van der Waals surface area contributed by atoms with Crippen molar-refractivity contribution in [3.8, 4) is 0 Å². The van der Waals surface area contributed by atoms with Gasteiger partial charge in [-0.3, -0.25) is 4.79 Å². The first-order valence-corrected chi connectivity index (χ1v) is 11.0. The van der Waals surface area contributed by atoms with Gasteiger partial charge in [0.05, 0.1) is 5.25 Å². The molecule has 6 heteroatoms. The lowest BCUT2D eigenvalue weighted by Gasteiger charge is -2.18. The van der Waals surface area contributed by atoms with E-state index in [1.807, 2.05) is 38.1 Å². The summed E-state index contributed by atoms with van der Waals surface area (Å²) in [4.78, 5) is 24.2. The van der Waals surface area contributed by atoms with Crippen molar-refractivity contribution in [3.05, 3.63) is 46.6 Å². The second-order valence-electron chi connectivity index (χ2n) is 7.27. The quantitative estimate of drug-likeness (QED) is 0.483. The van der Waals surface area contributed by atoms with E-state index in [1.165, 1.54) is 34.0 Å². The summed E-state index contributed by atoms with van der Waals surface area (Å²) >= 11 is 3.32. The molecule has 4 rings (SSSR count). The summed E-state index contributed by atoms with van der Waals surface area (Å²) < 4.78 is 0. The second kappa shape index (κ2) is 7.60. The fraction of sp³-hybridized carbons (Fsp3) is 0.381. The Hall–Kier alpha value is -1.92. The number of aryl methyl sites for hydroxylation is 2. The Labute approximate surface area is 167 Å². The molecule has 27 heavy (non-hydrogen) atoms. The van der Waals surface area contributed by atoms with E-state index in [-0.39, 0.29) is 11.2 Å². The summed E-state index contributed by atoms with van der Waals surface area (Å²) in [6, 6.07) is 7.85. The third-order valence-electron chi connectivity index (χ3n) is 5.12. The van der Waals surface area contributed by atoms with Crippen LogP contribution in [0.1, 0.15) is 36.3 Å². The molecule has 0 radical (unpaired) electrons. The van der Waals surface area contributed by atoms with Crippen LogP contribution in [-0.4, -0.2) is 21.1 Å². The number of carbonyl (C=O) groups excluding carboxylic acids is 1. The first-order chi connectivity index (χ1) is 13.0. The molecule has 1 aliphatic carbocycles. The van der Waals surface area contributed by atoms with E-state index in [2.05, 4.69) is 22.2 Å².